The number of phenols is 1. The van der Waals surface area contributed by atoms with Crippen molar-refractivity contribution >= 4 is 40.7 Å². The Bertz CT molecular complexity index is 829. The Morgan fingerprint density at radius 1 is 1.18 bits per heavy atom. The molecule has 0 aliphatic heterocycles. The van der Waals surface area contributed by atoms with Crippen LogP contribution in [0.3, 0.4) is 0 Å². The highest BCUT2D eigenvalue weighted by atomic mass is 32.1. The highest BCUT2D eigenvalue weighted by molar-refractivity contribution is 7.00. The summed E-state index contributed by atoms with van der Waals surface area (Å²) in [6.07, 6.45) is 1.48. The van der Waals surface area contributed by atoms with Gasteiger partial charge < -0.3 is 10.4 Å². The number of fused-ring (bicyclic) bond motifs is 1. The number of carbonyl (C=O) groups excluding carboxylic acids is 1. The monoisotopic (exact) mass is 313 g/mol. The lowest BCUT2D eigenvalue weighted by molar-refractivity contribution is 0.252. The first-order chi connectivity index (χ1) is 10.7. The molecule has 0 radical (unpaired) electrons. The maximum absolute atomic E-state index is 11.8. The molecule has 110 valence electrons. The zero-order chi connectivity index (χ0) is 15.4. The Morgan fingerprint density at radius 2 is 2.00 bits per heavy atom. The quantitative estimate of drug-likeness (QED) is 0.511. The first-order valence-corrected chi connectivity index (χ1v) is 7.06. The molecular weight excluding hydrogens is 302 g/mol. The van der Waals surface area contributed by atoms with Crippen LogP contribution in [0.2, 0.25) is 0 Å². The van der Waals surface area contributed by atoms with E-state index in [1.807, 2.05) is 6.07 Å². The lowest BCUT2D eigenvalue weighted by Crippen LogP contribution is -2.24. The summed E-state index contributed by atoms with van der Waals surface area (Å²) in [6.45, 7) is 0. The van der Waals surface area contributed by atoms with Crippen LogP contribution in [0.5, 0.6) is 5.75 Å². The topological polar surface area (TPSA) is 99.5 Å². The molecule has 22 heavy (non-hydrogen) atoms. The standard InChI is InChI=1S/C14H11N5O2S/c20-10-6-4-9(5-7-10)8-15-17-14(21)16-11-2-1-3-12-13(11)19-22-18-12/h1-8,20H,(H2,16,17,21)/b15-8-. The minimum absolute atomic E-state index is 0.174. The number of nitrogens with zero attached hydrogens (tertiary/aromatic N) is 3. The molecule has 0 bridgehead atoms. The molecule has 0 atom stereocenters. The number of amides is 2. The molecule has 3 rings (SSSR count). The van der Waals surface area contributed by atoms with Gasteiger partial charge in [-0.1, -0.05) is 6.07 Å². The molecule has 7 nitrogen and oxygen atoms in total. The number of hydrazone groups is 1. The van der Waals surface area contributed by atoms with Gasteiger partial charge in [0, 0.05) is 0 Å². The second-order valence-electron chi connectivity index (χ2n) is 4.35. The van der Waals surface area contributed by atoms with E-state index in [2.05, 4.69) is 24.6 Å². The van der Waals surface area contributed by atoms with Crippen LogP contribution in [-0.4, -0.2) is 26.1 Å². The number of hydrogen-bond acceptors (Lipinski definition) is 6. The Balaban J connectivity index is 1.63. The molecule has 0 saturated heterocycles. The second-order valence-corrected chi connectivity index (χ2v) is 4.88. The summed E-state index contributed by atoms with van der Waals surface area (Å²) >= 11 is 1.09. The van der Waals surface area contributed by atoms with Crippen LogP contribution < -0.4 is 10.7 Å². The number of nitrogens with one attached hydrogen (secondary N) is 2. The molecule has 1 heterocycles. The van der Waals surface area contributed by atoms with Gasteiger partial charge in [-0.05, 0) is 42.0 Å². The summed E-state index contributed by atoms with van der Waals surface area (Å²) in [5, 5.41) is 15.7. The van der Waals surface area contributed by atoms with Crippen LogP contribution in [-0.2, 0) is 0 Å². The highest BCUT2D eigenvalue weighted by Gasteiger charge is 2.07. The molecule has 2 aromatic carbocycles. The molecule has 0 aliphatic carbocycles. The first-order valence-electron chi connectivity index (χ1n) is 6.33. The SMILES string of the molecule is O=C(N/N=C\c1ccc(O)cc1)Nc1cccc2nsnc12. The maximum Gasteiger partial charge on any atom is 0.339 e. The third-order valence-corrected chi connectivity index (χ3v) is 3.35. The van der Waals surface area contributed by atoms with Gasteiger partial charge in [-0.2, -0.15) is 13.8 Å². The fourth-order valence-corrected chi connectivity index (χ4v) is 2.33. The number of benzene rings is 2. The van der Waals surface area contributed by atoms with E-state index in [0.29, 0.717) is 11.2 Å². The van der Waals surface area contributed by atoms with Crippen molar-refractivity contribution in [3.63, 3.8) is 0 Å². The highest BCUT2D eigenvalue weighted by Crippen LogP contribution is 2.20. The molecule has 0 spiro atoms. The summed E-state index contributed by atoms with van der Waals surface area (Å²) in [4.78, 5) is 11.8. The van der Waals surface area contributed by atoms with Crippen LogP contribution in [0.15, 0.2) is 47.6 Å². The van der Waals surface area contributed by atoms with Crippen LogP contribution >= 0.6 is 11.7 Å². The predicted molar refractivity (Wildman–Crippen MR) is 85.3 cm³/mol. The number of carbonyl (C=O) groups is 1. The second kappa shape index (κ2) is 6.19. The van der Waals surface area contributed by atoms with E-state index in [0.717, 1.165) is 22.8 Å². The lowest BCUT2D eigenvalue weighted by Gasteiger charge is -2.04. The van der Waals surface area contributed by atoms with E-state index in [1.165, 1.54) is 18.3 Å². The van der Waals surface area contributed by atoms with Crippen molar-refractivity contribution in [3.05, 3.63) is 48.0 Å². The van der Waals surface area contributed by atoms with E-state index in [4.69, 9.17) is 5.11 Å². The predicted octanol–water partition coefficient (Wildman–Crippen LogP) is 2.55. The van der Waals surface area contributed by atoms with Crippen molar-refractivity contribution in [2.45, 2.75) is 0 Å². The van der Waals surface area contributed by atoms with Gasteiger partial charge in [0.05, 0.1) is 23.6 Å². The van der Waals surface area contributed by atoms with Gasteiger partial charge in [-0.3, -0.25) is 0 Å². The van der Waals surface area contributed by atoms with E-state index in [9.17, 15) is 4.79 Å². The van der Waals surface area contributed by atoms with Crippen molar-refractivity contribution in [1.29, 1.82) is 0 Å². The number of rotatable bonds is 3. The number of hydrogen-bond donors (Lipinski definition) is 3. The molecular formula is C14H11N5O2S. The molecule has 3 aromatic rings. The number of anilines is 1. The Labute approximate surface area is 129 Å². The average Bonchev–Trinajstić information content (AvgIpc) is 2.99. The van der Waals surface area contributed by atoms with Crippen molar-refractivity contribution in [2.24, 2.45) is 5.10 Å². The molecule has 0 fully saturated rings. The molecule has 3 N–H and O–H groups in total. The molecule has 1 aromatic heterocycles. The smallest absolute Gasteiger partial charge is 0.339 e. The van der Waals surface area contributed by atoms with Crippen molar-refractivity contribution in [1.82, 2.24) is 14.2 Å². The minimum atomic E-state index is -0.476. The third-order valence-electron chi connectivity index (χ3n) is 2.81. The van der Waals surface area contributed by atoms with E-state index >= 15 is 0 Å². The molecule has 8 heteroatoms. The largest absolute Gasteiger partial charge is 0.508 e. The first kappa shape index (κ1) is 14.0. The minimum Gasteiger partial charge on any atom is -0.508 e. The van der Waals surface area contributed by atoms with Gasteiger partial charge in [0.25, 0.3) is 0 Å². The summed E-state index contributed by atoms with van der Waals surface area (Å²) in [7, 11) is 0. The number of aromatic nitrogens is 2. The van der Waals surface area contributed by atoms with Gasteiger partial charge in [0.1, 0.15) is 16.8 Å². The van der Waals surface area contributed by atoms with Crippen LogP contribution in [0, 0.1) is 0 Å². The normalized spacial score (nSPS) is 10.9. The van der Waals surface area contributed by atoms with Gasteiger partial charge in [-0.25, -0.2) is 10.2 Å². The molecule has 0 unspecified atom stereocenters. The summed E-state index contributed by atoms with van der Waals surface area (Å²) in [5.74, 6) is 0.174. The Morgan fingerprint density at radius 3 is 2.82 bits per heavy atom. The van der Waals surface area contributed by atoms with Crippen molar-refractivity contribution in [2.75, 3.05) is 5.32 Å². The Hall–Kier alpha value is -3.00. The molecule has 2 amide bonds. The zero-order valence-corrected chi connectivity index (χ0v) is 12.0. The van der Waals surface area contributed by atoms with E-state index in [1.54, 1.807) is 24.3 Å². The van der Waals surface area contributed by atoms with Gasteiger partial charge >= 0.3 is 6.03 Å². The number of aromatic hydroxyl groups is 1. The Kier molecular flexibility index (Phi) is 3.92. The van der Waals surface area contributed by atoms with Gasteiger partial charge in [-0.15, -0.1) is 0 Å². The summed E-state index contributed by atoms with van der Waals surface area (Å²) in [6, 6.07) is 11.3. The average molecular weight is 313 g/mol. The third kappa shape index (κ3) is 3.18. The molecule has 0 aliphatic rings. The van der Waals surface area contributed by atoms with Crippen LogP contribution in [0.1, 0.15) is 5.56 Å². The fourth-order valence-electron chi connectivity index (χ4n) is 1.78. The van der Waals surface area contributed by atoms with E-state index < -0.39 is 6.03 Å². The van der Waals surface area contributed by atoms with Gasteiger partial charge in [0.15, 0.2) is 0 Å². The zero-order valence-electron chi connectivity index (χ0n) is 11.2. The lowest BCUT2D eigenvalue weighted by atomic mass is 10.2. The summed E-state index contributed by atoms with van der Waals surface area (Å²) in [5.41, 5.74) is 5.07. The fraction of sp³-hybridized carbons (Fsp3) is 0. The van der Waals surface area contributed by atoms with Crippen molar-refractivity contribution in [3.8, 4) is 5.75 Å². The maximum atomic E-state index is 11.8. The van der Waals surface area contributed by atoms with Gasteiger partial charge in [0.2, 0.25) is 0 Å². The molecule has 0 saturated carbocycles. The van der Waals surface area contributed by atoms with E-state index in [-0.39, 0.29) is 5.75 Å². The van der Waals surface area contributed by atoms with Crippen molar-refractivity contribution < 1.29 is 9.90 Å². The van der Waals surface area contributed by atoms with Crippen LogP contribution in [0.25, 0.3) is 11.0 Å². The van der Waals surface area contributed by atoms with Crippen LogP contribution in [0.4, 0.5) is 10.5 Å². The number of phenolic OH excluding ortho intramolecular Hbond substituents is 1. The summed E-state index contributed by atoms with van der Waals surface area (Å²) < 4.78 is 8.24. The number of urea groups is 1.